The van der Waals surface area contributed by atoms with Gasteiger partial charge in [-0.15, -0.1) is 0 Å². The van der Waals surface area contributed by atoms with Crippen LogP contribution < -0.4 is 11.1 Å². The number of rotatable bonds is 7. The zero-order valence-electron chi connectivity index (χ0n) is 10.5. The van der Waals surface area contributed by atoms with Gasteiger partial charge in [-0.1, -0.05) is 37.3 Å². The van der Waals surface area contributed by atoms with Crippen molar-refractivity contribution in [2.45, 2.75) is 25.5 Å². The molecule has 0 saturated heterocycles. The minimum atomic E-state index is 0.158. The molecule has 0 heterocycles. The molecule has 3 nitrogen and oxygen atoms in total. The van der Waals surface area contributed by atoms with Gasteiger partial charge in [-0.3, -0.25) is 0 Å². The molecule has 3 N–H and O–H groups in total. The van der Waals surface area contributed by atoms with Gasteiger partial charge in [0.25, 0.3) is 0 Å². The molecule has 0 radical (unpaired) electrons. The van der Waals surface area contributed by atoms with Crippen LogP contribution in [0, 0.1) is 5.92 Å². The van der Waals surface area contributed by atoms with Crippen LogP contribution in [0.15, 0.2) is 30.3 Å². The van der Waals surface area contributed by atoms with E-state index in [0.29, 0.717) is 19.1 Å². The predicted molar refractivity (Wildman–Crippen MR) is 69.7 cm³/mol. The second-order valence-corrected chi connectivity index (χ2v) is 4.79. The molecule has 0 aromatic heterocycles. The van der Waals surface area contributed by atoms with Crippen LogP contribution in [0.1, 0.15) is 18.9 Å². The van der Waals surface area contributed by atoms with Crippen molar-refractivity contribution >= 4 is 0 Å². The van der Waals surface area contributed by atoms with Crippen LogP contribution in [0.3, 0.4) is 0 Å². The van der Waals surface area contributed by atoms with E-state index in [-0.39, 0.29) is 5.54 Å². The second kappa shape index (κ2) is 5.63. The maximum absolute atomic E-state index is 5.81. The van der Waals surface area contributed by atoms with Gasteiger partial charge in [-0.2, -0.15) is 0 Å². The van der Waals surface area contributed by atoms with Crippen molar-refractivity contribution in [3.8, 4) is 0 Å². The summed E-state index contributed by atoms with van der Waals surface area (Å²) in [6.07, 6.45) is 1.14. The number of likely N-dealkylation sites (N-methyl/N-ethyl adjacent to an activating group) is 1. The summed E-state index contributed by atoms with van der Waals surface area (Å²) >= 11 is 0. The molecule has 2 atom stereocenters. The molecule has 0 amide bonds. The molecule has 1 saturated carbocycles. The van der Waals surface area contributed by atoms with Crippen LogP contribution in [0.2, 0.25) is 0 Å². The maximum Gasteiger partial charge on any atom is 0.0717 e. The summed E-state index contributed by atoms with van der Waals surface area (Å²) in [6, 6.07) is 10.3. The first kappa shape index (κ1) is 12.6. The third kappa shape index (κ3) is 3.06. The molecule has 1 aliphatic carbocycles. The Labute approximate surface area is 103 Å². The van der Waals surface area contributed by atoms with E-state index in [1.165, 1.54) is 5.56 Å². The Hall–Kier alpha value is -0.900. The van der Waals surface area contributed by atoms with E-state index in [1.807, 2.05) is 18.2 Å². The fourth-order valence-electron chi connectivity index (χ4n) is 2.38. The van der Waals surface area contributed by atoms with E-state index in [9.17, 15) is 0 Å². The first-order chi connectivity index (χ1) is 8.30. The number of ether oxygens (including phenoxy) is 1. The second-order valence-electron chi connectivity index (χ2n) is 4.79. The van der Waals surface area contributed by atoms with Gasteiger partial charge in [0.15, 0.2) is 0 Å². The fraction of sp³-hybridized carbons (Fsp3) is 0.571. The molecule has 0 bridgehead atoms. The lowest BCUT2D eigenvalue weighted by molar-refractivity contribution is 0.104. The lowest BCUT2D eigenvalue weighted by Gasteiger charge is -2.16. The average molecular weight is 234 g/mol. The molecule has 94 valence electrons. The van der Waals surface area contributed by atoms with Gasteiger partial charge in [-0.25, -0.2) is 0 Å². The number of hydrogen-bond donors (Lipinski definition) is 2. The summed E-state index contributed by atoms with van der Waals surface area (Å²) in [7, 11) is 0. The van der Waals surface area contributed by atoms with Crippen LogP contribution in [0.25, 0.3) is 0 Å². The first-order valence-corrected chi connectivity index (χ1v) is 6.37. The third-order valence-electron chi connectivity index (χ3n) is 3.56. The van der Waals surface area contributed by atoms with Gasteiger partial charge < -0.3 is 15.8 Å². The van der Waals surface area contributed by atoms with E-state index in [0.717, 1.165) is 19.6 Å². The largest absolute Gasteiger partial charge is 0.376 e. The zero-order valence-corrected chi connectivity index (χ0v) is 10.5. The van der Waals surface area contributed by atoms with Crippen molar-refractivity contribution in [3.05, 3.63) is 35.9 Å². The van der Waals surface area contributed by atoms with Crippen molar-refractivity contribution < 1.29 is 4.74 Å². The van der Waals surface area contributed by atoms with E-state index >= 15 is 0 Å². The highest BCUT2D eigenvalue weighted by atomic mass is 16.5. The standard InChI is InChI=1S/C14H22N2O/c1-2-16-14(11-15)8-13(14)10-17-9-12-6-4-3-5-7-12/h3-7,13,16H,2,8-11,15H2,1H3/t13-,14-/m1/s1. The van der Waals surface area contributed by atoms with Crippen LogP contribution in [-0.2, 0) is 11.3 Å². The molecular formula is C14H22N2O. The van der Waals surface area contributed by atoms with Gasteiger partial charge in [0.2, 0.25) is 0 Å². The molecular weight excluding hydrogens is 212 g/mol. The van der Waals surface area contributed by atoms with Gasteiger partial charge in [0.1, 0.15) is 0 Å². The summed E-state index contributed by atoms with van der Waals surface area (Å²) in [6.45, 7) is 5.31. The quantitative estimate of drug-likeness (QED) is 0.752. The minimum Gasteiger partial charge on any atom is -0.376 e. The molecule has 3 heteroatoms. The van der Waals surface area contributed by atoms with Gasteiger partial charge in [-0.05, 0) is 18.5 Å². The average Bonchev–Trinajstić information content (AvgIpc) is 3.05. The van der Waals surface area contributed by atoms with E-state index in [1.54, 1.807) is 0 Å². The molecule has 17 heavy (non-hydrogen) atoms. The Kier molecular flexibility index (Phi) is 4.15. The van der Waals surface area contributed by atoms with Crippen LogP contribution in [0.5, 0.6) is 0 Å². The van der Waals surface area contributed by atoms with Crippen molar-refractivity contribution in [2.75, 3.05) is 19.7 Å². The normalized spacial score (nSPS) is 27.1. The van der Waals surface area contributed by atoms with Gasteiger partial charge in [0.05, 0.1) is 13.2 Å². The highest BCUT2D eigenvalue weighted by Crippen LogP contribution is 2.42. The number of nitrogens with one attached hydrogen (secondary N) is 1. The highest BCUT2D eigenvalue weighted by Gasteiger charge is 2.52. The van der Waals surface area contributed by atoms with E-state index in [4.69, 9.17) is 10.5 Å². The van der Waals surface area contributed by atoms with E-state index < -0.39 is 0 Å². The highest BCUT2D eigenvalue weighted by molar-refractivity contribution is 5.14. The topological polar surface area (TPSA) is 47.3 Å². The number of hydrogen-bond acceptors (Lipinski definition) is 3. The summed E-state index contributed by atoms with van der Waals surface area (Å²) < 4.78 is 5.75. The first-order valence-electron chi connectivity index (χ1n) is 6.37. The fourth-order valence-corrected chi connectivity index (χ4v) is 2.38. The van der Waals surface area contributed by atoms with Gasteiger partial charge >= 0.3 is 0 Å². The molecule has 0 aliphatic heterocycles. The zero-order chi connectivity index (χ0) is 12.1. The lowest BCUT2D eigenvalue weighted by atomic mass is 10.2. The van der Waals surface area contributed by atoms with Crippen molar-refractivity contribution in [1.29, 1.82) is 0 Å². The maximum atomic E-state index is 5.81. The SMILES string of the molecule is CCN[C@@]1(CN)C[C@@H]1COCc1ccccc1. The Morgan fingerprint density at radius 2 is 2.18 bits per heavy atom. The van der Waals surface area contributed by atoms with Crippen LogP contribution in [-0.4, -0.2) is 25.2 Å². The van der Waals surface area contributed by atoms with Crippen LogP contribution >= 0.6 is 0 Å². The van der Waals surface area contributed by atoms with Crippen molar-refractivity contribution in [2.24, 2.45) is 11.7 Å². The molecule has 0 spiro atoms. The monoisotopic (exact) mass is 234 g/mol. The lowest BCUT2D eigenvalue weighted by Crippen LogP contribution is -2.41. The summed E-state index contributed by atoms with van der Waals surface area (Å²) in [5.74, 6) is 0.580. The Morgan fingerprint density at radius 3 is 2.82 bits per heavy atom. The molecule has 1 fully saturated rings. The summed E-state index contributed by atoms with van der Waals surface area (Å²) in [4.78, 5) is 0. The van der Waals surface area contributed by atoms with Crippen LogP contribution in [0.4, 0.5) is 0 Å². The molecule has 1 aromatic rings. The Morgan fingerprint density at radius 1 is 1.41 bits per heavy atom. The minimum absolute atomic E-state index is 0.158. The molecule has 0 unspecified atom stereocenters. The summed E-state index contributed by atoms with van der Waals surface area (Å²) in [5.41, 5.74) is 7.20. The molecule has 1 aromatic carbocycles. The van der Waals surface area contributed by atoms with Crippen molar-refractivity contribution in [3.63, 3.8) is 0 Å². The van der Waals surface area contributed by atoms with Crippen molar-refractivity contribution in [1.82, 2.24) is 5.32 Å². The smallest absolute Gasteiger partial charge is 0.0717 e. The van der Waals surface area contributed by atoms with E-state index in [2.05, 4.69) is 24.4 Å². The predicted octanol–water partition coefficient (Wildman–Crippen LogP) is 1.53. The summed E-state index contributed by atoms with van der Waals surface area (Å²) in [5, 5.41) is 3.48. The number of benzene rings is 1. The van der Waals surface area contributed by atoms with Gasteiger partial charge in [0, 0.05) is 18.0 Å². The Bertz CT molecular complexity index is 341. The Balaban J connectivity index is 1.71. The third-order valence-corrected chi connectivity index (χ3v) is 3.56. The number of nitrogens with two attached hydrogens (primary N) is 1. The molecule has 2 rings (SSSR count). The molecule has 1 aliphatic rings.